The maximum absolute atomic E-state index is 5.77. The Bertz CT molecular complexity index is 549. The van der Waals surface area contributed by atoms with E-state index < -0.39 is 0 Å². The van der Waals surface area contributed by atoms with Gasteiger partial charge in [-0.1, -0.05) is 24.3 Å². The van der Waals surface area contributed by atoms with Gasteiger partial charge in [-0.25, -0.2) is 0 Å². The molecule has 0 aromatic heterocycles. The highest BCUT2D eigenvalue weighted by Gasteiger charge is 1.98. The monoisotopic (exact) mass is 370 g/mol. The summed E-state index contributed by atoms with van der Waals surface area (Å²) in [5, 5.41) is 0. The first-order chi connectivity index (χ1) is 13.3. The molecule has 148 valence electrons. The van der Waals surface area contributed by atoms with Gasteiger partial charge in [0.15, 0.2) is 0 Å². The van der Waals surface area contributed by atoms with Gasteiger partial charge in [-0.05, 0) is 87.8 Å². The van der Waals surface area contributed by atoms with Crippen LogP contribution in [-0.4, -0.2) is 26.4 Å². The van der Waals surface area contributed by atoms with Gasteiger partial charge in [-0.2, -0.15) is 0 Å². The average molecular weight is 371 g/mol. The topological polar surface area (TPSA) is 27.7 Å². The van der Waals surface area contributed by atoms with E-state index in [4.69, 9.17) is 14.2 Å². The maximum atomic E-state index is 5.77. The minimum atomic E-state index is 0.719. The van der Waals surface area contributed by atoms with E-state index in [-0.39, 0.29) is 0 Å². The number of benzene rings is 2. The summed E-state index contributed by atoms with van der Waals surface area (Å²) in [7, 11) is 0. The molecule has 3 heteroatoms. The molecule has 0 N–H and O–H groups in total. The zero-order valence-electron chi connectivity index (χ0n) is 16.9. The smallest absolute Gasteiger partial charge is 0.119 e. The number of aryl methyl sites for hydroxylation is 2. The van der Waals surface area contributed by atoms with Crippen LogP contribution >= 0.6 is 0 Å². The Morgan fingerprint density at radius 2 is 0.963 bits per heavy atom. The molecule has 0 atom stereocenters. The Kier molecular flexibility index (Phi) is 10.4. The van der Waals surface area contributed by atoms with Crippen molar-refractivity contribution in [2.75, 3.05) is 26.4 Å². The fourth-order valence-corrected chi connectivity index (χ4v) is 3.01. The fraction of sp³-hybridized carbons (Fsp3) is 0.500. The Morgan fingerprint density at radius 3 is 1.33 bits per heavy atom. The second kappa shape index (κ2) is 13.2. The van der Waals surface area contributed by atoms with E-state index in [1.54, 1.807) is 0 Å². The molecule has 3 nitrogen and oxygen atoms in total. The van der Waals surface area contributed by atoms with Crippen LogP contribution in [0.2, 0.25) is 0 Å². The van der Waals surface area contributed by atoms with Gasteiger partial charge in [0.1, 0.15) is 11.5 Å². The van der Waals surface area contributed by atoms with Crippen LogP contribution in [0.1, 0.15) is 50.7 Å². The van der Waals surface area contributed by atoms with Crippen LogP contribution < -0.4 is 9.47 Å². The zero-order valence-corrected chi connectivity index (χ0v) is 16.9. The van der Waals surface area contributed by atoms with Gasteiger partial charge in [0.05, 0.1) is 13.2 Å². The molecule has 2 aromatic carbocycles. The van der Waals surface area contributed by atoms with E-state index in [0.29, 0.717) is 0 Å². The molecular weight excluding hydrogens is 336 g/mol. The highest BCUT2D eigenvalue weighted by Crippen LogP contribution is 2.15. The van der Waals surface area contributed by atoms with Gasteiger partial charge < -0.3 is 14.2 Å². The summed E-state index contributed by atoms with van der Waals surface area (Å²) in [5.41, 5.74) is 2.74. The molecule has 0 spiro atoms. The molecule has 0 amide bonds. The summed E-state index contributed by atoms with van der Waals surface area (Å²) >= 11 is 0. The van der Waals surface area contributed by atoms with Crippen LogP contribution in [-0.2, 0) is 17.6 Å². The van der Waals surface area contributed by atoms with E-state index >= 15 is 0 Å². The molecule has 2 aromatic rings. The lowest BCUT2D eigenvalue weighted by Gasteiger charge is -2.07. The molecule has 0 saturated carbocycles. The summed E-state index contributed by atoms with van der Waals surface area (Å²) in [6, 6.07) is 16.9. The largest absolute Gasteiger partial charge is 0.494 e. The van der Waals surface area contributed by atoms with Crippen LogP contribution in [0.3, 0.4) is 0 Å². The summed E-state index contributed by atoms with van der Waals surface area (Å²) in [5.74, 6) is 1.91. The Morgan fingerprint density at radius 1 is 0.556 bits per heavy atom. The van der Waals surface area contributed by atoms with E-state index in [9.17, 15) is 0 Å². The average Bonchev–Trinajstić information content (AvgIpc) is 2.69. The molecule has 0 bridgehead atoms. The van der Waals surface area contributed by atoms with Crippen molar-refractivity contribution in [3.05, 3.63) is 59.7 Å². The molecule has 0 fully saturated rings. The van der Waals surface area contributed by atoms with Crippen LogP contribution in [0.4, 0.5) is 0 Å². The third-order valence-corrected chi connectivity index (χ3v) is 4.48. The van der Waals surface area contributed by atoms with Gasteiger partial charge in [0.2, 0.25) is 0 Å². The van der Waals surface area contributed by atoms with Gasteiger partial charge in [-0.15, -0.1) is 0 Å². The molecule has 27 heavy (non-hydrogen) atoms. The minimum absolute atomic E-state index is 0.719. The summed E-state index contributed by atoms with van der Waals surface area (Å²) in [4.78, 5) is 0. The van der Waals surface area contributed by atoms with Gasteiger partial charge >= 0.3 is 0 Å². The van der Waals surface area contributed by atoms with Gasteiger partial charge in [0.25, 0.3) is 0 Å². The molecule has 0 heterocycles. The second-order valence-corrected chi connectivity index (χ2v) is 6.68. The third kappa shape index (κ3) is 8.96. The number of rotatable bonds is 14. The van der Waals surface area contributed by atoms with E-state index in [1.165, 1.54) is 24.0 Å². The molecular formula is C24H34O3. The highest BCUT2D eigenvalue weighted by molar-refractivity contribution is 5.28. The lowest BCUT2D eigenvalue weighted by molar-refractivity contribution is 0.127. The Labute approximate surface area is 164 Å². The molecule has 0 radical (unpaired) electrons. The van der Waals surface area contributed by atoms with E-state index in [0.717, 1.165) is 63.6 Å². The fourth-order valence-electron chi connectivity index (χ4n) is 3.01. The lowest BCUT2D eigenvalue weighted by atomic mass is 10.1. The number of unbranched alkanes of at least 4 members (excludes halogenated alkanes) is 2. The van der Waals surface area contributed by atoms with Crippen LogP contribution in [0.15, 0.2) is 48.5 Å². The van der Waals surface area contributed by atoms with Crippen molar-refractivity contribution in [2.24, 2.45) is 0 Å². The Balaban J connectivity index is 1.45. The molecule has 0 saturated heterocycles. The van der Waals surface area contributed by atoms with Crippen molar-refractivity contribution in [1.29, 1.82) is 0 Å². The van der Waals surface area contributed by atoms with Crippen LogP contribution in [0.25, 0.3) is 0 Å². The van der Waals surface area contributed by atoms with Crippen molar-refractivity contribution in [1.82, 2.24) is 0 Å². The van der Waals surface area contributed by atoms with Crippen LogP contribution in [0, 0.1) is 0 Å². The number of hydrogen-bond donors (Lipinski definition) is 0. The number of ether oxygens (including phenoxy) is 3. The first-order valence-corrected chi connectivity index (χ1v) is 10.3. The minimum Gasteiger partial charge on any atom is -0.494 e. The second-order valence-electron chi connectivity index (χ2n) is 6.68. The SMILES string of the molecule is CCOc1ccc(CCCCOCCCCc2ccc(OCC)cc2)cc1. The Hall–Kier alpha value is -2.00. The number of hydrogen-bond acceptors (Lipinski definition) is 3. The summed E-state index contributed by atoms with van der Waals surface area (Å²) in [6.07, 6.45) is 6.78. The van der Waals surface area contributed by atoms with Crippen molar-refractivity contribution in [2.45, 2.75) is 52.4 Å². The standard InChI is InChI=1S/C24H34O3/c1-3-26-23-15-11-21(12-16-23)9-5-7-19-25-20-8-6-10-22-13-17-24(18-14-22)27-4-2/h11-18H,3-10,19-20H2,1-2H3. The van der Waals surface area contributed by atoms with Gasteiger partial charge in [-0.3, -0.25) is 0 Å². The first kappa shape index (κ1) is 21.3. The molecule has 0 aliphatic rings. The molecule has 0 unspecified atom stereocenters. The van der Waals surface area contributed by atoms with Crippen molar-refractivity contribution >= 4 is 0 Å². The molecule has 0 aliphatic carbocycles. The van der Waals surface area contributed by atoms with E-state index in [1.807, 2.05) is 13.8 Å². The summed E-state index contributed by atoms with van der Waals surface area (Å²) in [6.45, 7) is 7.18. The normalized spacial score (nSPS) is 10.7. The summed E-state index contributed by atoms with van der Waals surface area (Å²) < 4.78 is 16.7. The van der Waals surface area contributed by atoms with Crippen molar-refractivity contribution in [3.63, 3.8) is 0 Å². The maximum Gasteiger partial charge on any atom is 0.119 e. The quantitative estimate of drug-likeness (QED) is 0.391. The van der Waals surface area contributed by atoms with Crippen LogP contribution in [0.5, 0.6) is 11.5 Å². The van der Waals surface area contributed by atoms with Crippen molar-refractivity contribution in [3.8, 4) is 11.5 Å². The van der Waals surface area contributed by atoms with Gasteiger partial charge in [0, 0.05) is 13.2 Å². The predicted molar refractivity (Wildman–Crippen MR) is 112 cm³/mol. The molecule has 2 rings (SSSR count). The lowest BCUT2D eigenvalue weighted by Crippen LogP contribution is -1.99. The first-order valence-electron chi connectivity index (χ1n) is 10.3. The zero-order chi connectivity index (χ0) is 19.2. The highest BCUT2D eigenvalue weighted by atomic mass is 16.5. The van der Waals surface area contributed by atoms with E-state index in [2.05, 4.69) is 48.5 Å². The van der Waals surface area contributed by atoms with Crippen molar-refractivity contribution < 1.29 is 14.2 Å². The molecule has 0 aliphatic heterocycles. The third-order valence-electron chi connectivity index (χ3n) is 4.48. The predicted octanol–water partition coefficient (Wildman–Crippen LogP) is 5.85.